The minimum atomic E-state index is 1.21. The van der Waals surface area contributed by atoms with Crippen LogP contribution in [0.5, 0.6) is 0 Å². The van der Waals surface area contributed by atoms with E-state index in [0.717, 1.165) is 0 Å². The third kappa shape index (κ3) is 2.07. The highest BCUT2D eigenvalue weighted by molar-refractivity contribution is 6.22. The number of benzene rings is 5. The fourth-order valence-corrected chi connectivity index (χ4v) is 4.58. The Morgan fingerprint density at radius 3 is 2.14 bits per heavy atom. The molecular formula is C27H19N. The van der Waals surface area contributed by atoms with E-state index in [4.69, 9.17) is 0 Å². The van der Waals surface area contributed by atoms with Gasteiger partial charge in [0, 0.05) is 21.8 Å². The summed E-state index contributed by atoms with van der Waals surface area (Å²) >= 11 is 0. The smallest absolute Gasteiger partial charge is 0.0619 e. The maximum Gasteiger partial charge on any atom is 0.0619 e. The molecule has 6 aromatic rings. The van der Waals surface area contributed by atoms with Gasteiger partial charge < -0.3 is 4.57 Å². The molecule has 0 radical (unpaired) electrons. The van der Waals surface area contributed by atoms with Crippen LogP contribution in [0.15, 0.2) is 97.1 Å². The van der Waals surface area contributed by atoms with Crippen molar-refractivity contribution >= 4 is 43.4 Å². The van der Waals surface area contributed by atoms with Crippen LogP contribution in [0.4, 0.5) is 0 Å². The minimum Gasteiger partial charge on any atom is -0.309 e. The van der Waals surface area contributed by atoms with E-state index in [0.29, 0.717) is 0 Å². The molecule has 0 saturated heterocycles. The third-order valence-corrected chi connectivity index (χ3v) is 5.82. The minimum absolute atomic E-state index is 1.21. The lowest BCUT2D eigenvalue weighted by atomic mass is 9.99. The predicted molar refractivity (Wildman–Crippen MR) is 121 cm³/mol. The number of hydrogen-bond acceptors (Lipinski definition) is 0. The molecule has 0 aliphatic carbocycles. The van der Waals surface area contributed by atoms with Gasteiger partial charge in [0.25, 0.3) is 0 Å². The molecule has 0 fully saturated rings. The number of hydrogen-bond donors (Lipinski definition) is 0. The maximum absolute atomic E-state index is 2.43. The predicted octanol–water partition coefficient (Wildman–Crippen LogP) is 7.40. The molecule has 5 aromatic carbocycles. The van der Waals surface area contributed by atoms with Crippen molar-refractivity contribution in [2.75, 3.05) is 0 Å². The standard InChI is InChI=1S/C27H19N/c1-18-7-6-9-20(17-18)28-26-12-5-4-11-23(26)25-16-15-22-21-10-3-2-8-19(21)13-14-24(22)27(25)28/h2-17H,1H3. The molecule has 0 aliphatic rings. The molecule has 0 aliphatic heterocycles. The van der Waals surface area contributed by atoms with Crippen LogP contribution >= 0.6 is 0 Å². The van der Waals surface area contributed by atoms with Crippen molar-refractivity contribution < 1.29 is 0 Å². The van der Waals surface area contributed by atoms with Gasteiger partial charge in [-0.3, -0.25) is 0 Å². The Hall–Kier alpha value is -3.58. The van der Waals surface area contributed by atoms with Crippen molar-refractivity contribution in [1.82, 2.24) is 4.57 Å². The Morgan fingerprint density at radius 1 is 0.536 bits per heavy atom. The van der Waals surface area contributed by atoms with Gasteiger partial charge in [-0.1, -0.05) is 78.9 Å². The monoisotopic (exact) mass is 357 g/mol. The molecule has 0 saturated carbocycles. The topological polar surface area (TPSA) is 4.93 Å². The van der Waals surface area contributed by atoms with Crippen LogP contribution in [0.1, 0.15) is 5.56 Å². The molecule has 0 atom stereocenters. The van der Waals surface area contributed by atoms with Gasteiger partial charge in [-0.2, -0.15) is 0 Å². The number of para-hydroxylation sites is 1. The van der Waals surface area contributed by atoms with Gasteiger partial charge in [0.2, 0.25) is 0 Å². The van der Waals surface area contributed by atoms with E-state index in [9.17, 15) is 0 Å². The molecule has 0 amide bonds. The highest BCUT2D eigenvalue weighted by atomic mass is 15.0. The van der Waals surface area contributed by atoms with E-state index in [1.807, 2.05) is 0 Å². The Labute approximate surface area is 163 Å². The first-order valence-electron chi connectivity index (χ1n) is 9.72. The zero-order chi connectivity index (χ0) is 18.7. The lowest BCUT2D eigenvalue weighted by Crippen LogP contribution is -1.95. The normalized spacial score (nSPS) is 11.8. The van der Waals surface area contributed by atoms with Gasteiger partial charge in [-0.05, 0) is 46.8 Å². The molecular weight excluding hydrogens is 338 g/mol. The maximum atomic E-state index is 2.43. The quantitative estimate of drug-likeness (QED) is 0.270. The Balaban J connectivity index is 1.89. The summed E-state index contributed by atoms with van der Waals surface area (Å²) in [5.74, 6) is 0. The van der Waals surface area contributed by atoms with E-state index in [1.54, 1.807) is 0 Å². The second kappa shape index (κ2) is 5.71. The lowest BCUT2D eigenvalue weighted by molar-refractivity contribution is 1.18. The Morgan fingerprint density at radius 2 is 1.25 bits per heavy atom. The first-order valence-corrected chi connectivity index (χ1v) is 9.72. The summed E-state index contributed by atoms with van der Waals surface area (Å²) in [5, 5.41) is 7.81. The average molecular weight is 357 g/mol. The van der Waals surface area contributed by atoms with Crippen LogP contribution in [0.3, 0.4) is 0 Å². The second-order valence-electron chi connectivity index (χ2n) is 7.54. The summed E-state index contributed by atoms with van der Waals surface area (Å²) < 4.78 is 2.43. The molecule has 1 heteroatoms. The third-order valence-electron chi connectivity index (χ3n) is 5.82. The van der Waals surface area contributed by atoms with Crippen molar-refractivity contribution in [3.63, 3.8) is 0 Å². The van der Waals surface area contributed by atoms with Gasteiger partial charge in [-0.15, -0.1) is 0 Å². The molecule has 1 nitrogen and oxygen atoms in total. The molecule has 1 aromatic heterocycles. The molecule has 0 N–H and O–H groups in total. The van der Waals surface area contributed by atoms with E-state index in [2.05, 4.69) is 109 Å². The second-order valence-corrected chi connectivity index (χ2v) is 7.54. The summed E-state index contributed by atoms with van der Waals surface area (Å²) in [5.41, 5.74) is 5.03. The molecule has 0 unspecified atom stereocenters. The van der Waals surface area contributed by atoms with Gasteiger partial charge in [0.1, 0.15) is 0 Å². The molecule has 0 bridgehead atoms. The van der Waals surface area contributed by atoms with E-state index >= 15 is 0 Å². The van der Waals surface area contributed by atoms with E-state index in [1.165, 1.54) is 54.6 Å². The van der Waals surface area contributed by atoms with Crippen molar-refractivity contribution in [3.05, 3.63) is 103 Å². The summed E-state index contributed by atoms with van der Waals surface area (Å²) in [6, 6.07) is 35.3. The van der Waals surface area contributed by atoms with Crippen LogP contribution in [0.25, 0.3) is 49.0 Å². The number of aryl methyl sites for hydroxylation is 1. The first kappa shape index (κ1) is 15.5. The van der Waals surface area contributed by atoms with Gasteiger partial charge in [-0.25, -0.2) is 0 Å². The summed E-state index contributed by atoms with van der Waals surface area (Å²) in [7, 11) is 0. The lowest BCUT2D eigenvalue weighted by Gasteiger charge is -2.11. The number of rotatable bonds is 1. The van der Waals surface area contributed by atoms with Crippen molar-refractivity contribution in [1.29, 1.82) is 0 Å². The Bertz CT molecular complexity index is 1520. The highest BCUT2D eigenvalue weighted by Gasteiger charge is 2.15. The zero-order valence-electron chi connectivity index (χ0n) is 15.7. The summed E-state index contributed by atoms with van der Waals surface area (Å²) in [4.78, 5) is 0. The summed E-state index contributed by atoms with van der Waals surface area (Å²) in [6.07, 6.45) is 0. The zero-order valence-corrected chi connectivity index (χ0v) is 15.7. The molecule has 28 heavy (non-hydrogen) atoms. The van der Waals surface area contributed by atoms with Gasteiger partial charge >= 0.3 is 0 Å². The van der Waals surface area contributed by atoms with Crippen molar-refractivity contribution in [3.8, 4) is 5.69 Å². The van der Waals surface area contributed by atoms with Crippen LogP contribution in [-0.2, 0) is 0 Å². The van der Waals surface area contributed by atoms with Crippen LogP contribution in [0.2, 0.25) is 0 Å². The Kier molecular flexibility index (Phi) is 3.15. The average Bonchev–Trinajstić information content (AvgIpc) is 3.08. The van der Waals surface area contributed by atoms with Crippen molar-refractivity contribution in [2.45, 2.75) is 6.92 Å². The molecule has 0 spiro atoms. The molecule has 1 heterocycles. The number of nitrogens with zero attached hydrogens (tertiary/aromatic N) is 1. The van der Waals surface area contributed by atoms with Gasteiger partial charge in [0.05, 0.1) is 11.0 Å². The SMILES string of the molecule is Cc1cccc(-n2c3ccccc3c3ccc4c5ccccc5ccc4c32)c1. The van der Waals surface area contributed by atoms with Crippen molar-refractivity contribution in [2.24, 2.45) is 0 Å². The fraction of sp³-hybridized carbons (Fsp3) is 0.0370. The number of aromatic nitrogens is 1. The fourth-order valence-electron chi connectivity index (χ4n) is 4.58. The van der Waals surface area contributed by atoms with E-state index in [-0.39, 0.29) is 0 Å². The first-order chi connectivity index (χ1) is 13.8. The largest absolute Gasteiger partial charge is 0.309 e. The summed E-state index contributed by atoms with van der Waals surface area (Å²) in [6.45, 7) is 2.16. The molecule has 6 rings (SSSR count). The number of fused-ring (bicyclic) bond motifs is 7. The van der Waals surface area contributed by atoms with Crippen LogP contribution in [0, 0.1) is 6.92 Å². The van der Waals surface area contributed by atoms with Crippen LogP contribution in [-0.4, -0.2) is 4.57 Å². The van der Waals surface area contributed by atoms with Crippen LogP contribution < -0.4 is 0 Å². The van der Waals surface area contributed by atoms with E-state index < -0.39 is 0 Å². The molecule has 132 valence electrons. The highest BCUT2D eigenvalue weighted by Crippen LogP contribution is 2.38. The van der Waals surface area contributed by atoms with Gasteiger partial charge in [0.15, 0.2) is 0 Å².